The molecule has 2 aliphatic rings. The van der Waals surface area contributed by atoms with E-state index in [2.05, 4.69) is 35.7 Å². The minimum atomic E-state index is -0.0335. The van der Waals surface area contributed by atoms with E-state index >= 15 is 0 Å². The number of nitrogens with zero attached hydrogens (tertiary/aromatic N) is 1. The SMILES string of the molecule is C/C(=N\NC(=O)Cc1cccc2ccccc12)[C@@H]1C[C@@H]2CC[C@@H]1C2. The van der Waals surface area contributed by atoms with Gasteiger partial charge in [-0.2, -0.15) is 5.10 Å². The van der Waals surface area contributed by atoms with E-state index in [9.17, 15) is 4.79 Å². The van der Waals surface area contributed by atoms with Crippen LogP contribution in [0.15, 0.2) is 47.6 Å². The van der Waals surface area contributed by atoms with E-state index in [4.69, 9.17) is 0 Å². The van der Waals surface area contributed by atoms with Gasteiger partial charge in [0.2, 0.25) is 5.91 Å². The van der Waals surface area contributed by atoms with Crippen LogP contribution in [-0.4, -0.2) is 11.6 Å². The number of carbonyl (C=O) groups is 1. The zero-order valence-corrected chi connectivity index (χ0v) is 14.2. The predicted molar refractivity (Wildman–Crippen MR) is 97.8 cm³/mol. The summed E-state index contributed by atoms with van der Waals surface area (Å²) in [5.74, 6) is 2.25. The highest BCUT2D eigenvalue weighted by molar-refractivity contribution is 5.91. The molecule has 2 aromatic carbocycles. The first-order chi connectivity index (χ1) is 11.7. The minimum absolute atomic E-state index is 0.0335. The molecule has 0 unspecified atom stereocenters. The van der Waals surface area contributed by atoms with Gasteiger partial charge >= 0.3 is 0 Å². The van der Waals surface area contributed by atoms with Gasteiger partial charge in [-0.15, -0.1) is 0 Å². The second kappa shape index (κ2) is 6.39. The Hall–Kier alpha value is -2.16. The quantitative estimate of drug-likeness (QED) is 0.662. The number of benzene rings is 2. The second-order valence-electron chi connectivity index (χ2n) is 7.38. The normalized spacial score (nSPS) is 26.0. The summed E-state index contributed by atoms with van der Waals surface area (Å²) < 4.78 is 0. The molecular weight excluding hydrogens is 296 g/mol. The molecule has 0 radical (unpaired) electrons. The van der Waals surface area contributed by atoms with Gasteiger partial charge in [0.05, 0.1) is 6.42 Å². The molecule has 1 N–H and O–H groups in total. The Kier molecular flexibility index (Phi) is 4.09. The molecule has 3 atom stereocenters. The molecule has 2 bridgehead atoms. The van der Waals surface area contributed by atoms with Crippen LogP contribution in [0.25, 0.3) is 10.8 Å². The van der Waals surface area contributed by atoms with Gasteiger partial charge in [0, 0.05) is 11.6 Å². The zero-order valence-electron chi connectivity index (χ0n) is 14.2. The molecule has 24 heavy (non-hydrogen) atoms. The number of hydrazone groups is 1. The van der Waals surface area contributed by atoms with Crippen molar-refractivity contribution in [3.63, 3.8) is 0 Å². The fraction of sp³-hybridized carbons (Fsp3) is 0.429. The van der Waals surface area contributed by atoms with Crippen molar-refractivity contribution in [1.29, 1.82) is 0 Å². The van der Waals surface area contributed by atoms with E-state index in [1.165, 1.54) is 31.1 Å². The van der Waals surface area contributed by atoms with Crippen LogP contribution < -0.4 is 5.43 Å². The maximum absolute atomic E-state index is 12.3. The monoisotopic (exact) mass is 320 g/mol. The third-order valence-corrected chi connectivity index (χ3v) is 5.86. The zero-order chi connectivity index (χ0) is 16.5. The van der Waals surface area contributed by atoms with Crippen LogP contribution in [0.5, 0.6) is 0 Å². The Morgan fingerprint density at radius 3 is 2.75 bits per heavy atom. The predicted octanol–water partition coefficient (Wildman–Crippen LogP) is 4.31. The number of hydrogen-bond acceptors (Lipinski definition) is 2. The molecule has 2 aromatic rings. The average molecular weight is 320 g/mol. The van der Waals surface area contributed by atoms with E-state index in [0.29, 0.717) is 12.3 Å². The van der Waals surface area contributed by atoms with E-state index < -0.39 is 0 Å². The average Bonchev–Trinajstić information content (AvgIpc) is 3.23. The first kappa shape index (κ1) is 15.4. The van der Waals surface area contributed by atoms with Crippen molar-refractivity contribution in [3.05, 3.63) is 48.0 Å². The summed E-state index contributed by atoms with van der Waals surface area (Å²) >= 11 is 0. The summed E-state index contributed by atoms with van der Waals surface area (Å²) in [6, 6.07) is 14.3. The largest absolute Gasteiger partial charge is 0.273 e. The van der Waals surface area contributed by atoms with Crippen molar-refractivity contribution in [3.8, 4) is 0 Å². The van der Waals surface area contributed by atoms with Crippen molar-refractivity contribution in [2.24, 2.45) is 22.9 Å². The first-order valence-electron chi connectivity index (χ1n) is 9.00. The van der Waals surface area contributed by atoms with Gasteiger partial charge in [0.25, 0.3) is 0 Å². The van der Waals surface area contributed by atoms with E-state index in [1.807, 2.05) is 24.3 Å². The van der Waals surface area contributed by atoms with Crippen LogP contribution in [-0.2, 0) is 11.2 Å². The highest BCUT2D eigenvalue weighted by Crippen LogP contribution is 2.48. The van der Waals surface area contributed by atoms with Gasteiger partial charge in [0.15, 0.2) is 0 Å². The molecule has 0 saturated heterocycles. The van der Waals surface area contributed by atoms with Gasteiger partial charge in [-0.25, -0.2) is 5.43 Å². The lowest BCUT2D eigenvalue weighted by atomic mass is 9.86. The van der Waals surface area contributed by atoms with Crippen molar-refractivity contribution in [2.45, 2.75) is 39.0 Å². The first-order valence-corrected chi connectivity index (χ1v) is 9.00. The van der Waals surface area contributed by atoms with Gasteiger partial charge in [-0.3, -0.25) is 4.79 Å². The van der Waals surface area contributed by atoms with Crippen molar-refractivity contribution >= 4 is 22.4 Å². The van der Waals surface area contributed by atoms with E-state index in [0.717, 1.165) is 28.5 Å². The molecule has 2 aliphatic carbocycles. The van der Waals surface area contributed by atoms with Crippen LogP contribution in [0.3, 0.4) is 0 Å². The van der Waals surface area contributed by atoms with Gasteiger partial charge in [-0.1, -0.05) is 48.9 Å². The lowest BCUT2D eigenvalue weighted by Gasteiger charge is -2.21. The Bertz CT molecular complexity index is 790. The van der Waals surface area contributed by atoms with Crippen molar-refractivity contribution < 1.29 is 4.79 Å². The lowest BCUT2D eigenvalue weighted by molar-refractivity contribution is -0.120. The minimum Gasteiger partial charge on any atom is -0.273 e. The fourth-order valence-electron chi connectivity index (χ4n) is 4.65. The Balaban J connectivity index is 1.42. The molecule has 3 nitrogen and oxygen atoms in total. The summed E-state index contributed by atoms with van der Waals surface area (Å²) in [5.41, 5.74) is 4.94. The molecule has 3 heteroatoms. The number of fused-ring (bicyclic) bond motifs is 3. The highest BCUT2D eigenvalue weighted by Gasteiger charge is 2.40. The summed E-state index contributed by atoms with van der Waals surface area (Å²) in [6.07, 6.45) is 5.73. The Morgan fingerprint density at radius 2 is 1.96 bits per heavy atom. The fourth-order valence-corrected chi connectivity index (χ4v) is 4.65. The highest BCUT2D eigenvalue weighted by atomic mass is 16.2. The van der Waals surface area contributed by atoms with Crippen LogP contribution in [0.4, 0.5) is 0 Å². The molecule has 0 spiro atoms. The van der Waals surface area contributed by atoms with Crippen LogP contribution >= 0.6 is 0 Å². The Labute approximate surface area is 143 Å². The molecule has 0 heterocycles. The second-order valence-corrected chi connectivity index (χ2v) is 7.38. The molecule has 0 aliphatic heterocycles. The van der Waals surface area contributed by atoms with Gasteiger partial charge in [-0.05, 0) is 54.4 Å². The number of carbonyl (C=O) groups excluding carboxylic acids is 1. The molecule has 2 fully saturated rings. The third-order valence-electron chi connectivity index (χ3n) is 5.86. The molecule has 1 amide bonds. The molecule has 0 aromatic heterocycles. The smallest absolute Gasteiger partial charge is 0.244 e. The third kappa shape index (κ3) is 2.95. The summed E-state index contributed by atoms with van der Waals surface area (Å²) in [4.78, 5) is 12.3. The summed E-state index contributed by atoms with van der Waals surface area (Å²) in [7, 11) is 0. The van der Waals surface area contributed by atoms with Crippen LogP contribution in [0.1, 0.15) is 38.2 Å². The van der Waals surface area contributed by atoms with Gasteiger partial charge < -0.3 is 0 Å². The molecular formula is C21H24N2O. The van der Waals surface area contributed by atoms with Crippen LogP contribution in [0, 0.1) is 17.8 Å². The number of hydrogen-bond donors (Lipinski definition) is 1. The maximum Gasteiger partial charge on any atom is 0.244 e. The number of nitrogens with one attached hydrogen (secondary N) is 1. The standard InChI is InChI=1S/C21H24N2O/c1-14(20-12-15-9-10-18(20)11-15)22-23-21(24)13-17-7-4-6-16-5-2-3-8-19(16)17/h2-8,15,18,20H,9-13H2,1H3,(H,23,24)/b22-14+/t15-,18-,20+/m1/s1. The Morgan fingerprint density at radius 1 is 1.12 bits per heavy atom. The number of rotatable bonds is 4. The van der Waals surface area contributed by atoms with E-state index in [1.54, 1.807) is 0 Å². The van der Waals surface area contributed by atoms with Crippen LogP contribution in [0.2, 0.25) is 0 Å². The molecule has 4 rings (SSSR count). The maximum atomic E-state index is 12.3. The van der Waals surface area contributed by atoms with E-state index in [-0.39, 0.29) is 5.91 Å². The van der Waals surface area contributed by atoms with Crippen molar-refractivity contribution in [1.82, 2.24) is 5.43 Å². The number of amides is 1. The summed E-state index contributed by atoms with van der Waals surface area (Å²) in [6.45, 7) is 2.07. The topological polar surface area (TPSA) is 41.5 Å². The lowest BCUT2D eigenvalue weighted by Crippen LogP contribution is -2.25. The molecule has 2 saturated carbocycles. The summed E-state index contributed by atoms with van der Waals surface area (Å²) in [5, 5.41) is 6.73. The molecule has 124 valence electrons. The van der Waals surface area contributed by atoms with Gasteiger partial charge in [0.1, 0.15) is 0 Å². The van der Waals surface area contributed by atoms with Crippen molar-refractivity contribution in [2.75, 3.05) is 0 Å².